The van der Waals surface area contributed by atoms with E-state index >= 15 is 0 Å². The Hall–Kier alpha value is -0.0800. The van der Waals surface area contributed by atoms with Gasteiger partial charge in [0.2, 0.25) is 0 Å². The van der Waals surface area contributed by atoms with Gasteiger partial charge >= 0.3 is 0 Å². The molecule has 0 amide bonds. The van der Waals surface area contributed by atoms with E-state index in [4.69, 9.17) is 4.74 Å². The predicted molar refractivity (Wildman–Crippen MR) is 91.5 cm³/mol. The van der Waals surface area contributed by atoms with E-state index in [0.29, 0.717) is 0 Å². The molecule has 0 aromatic rings. The standard InChI is InChI=1S/C13H28N4O.HI/c1-4-17(12-6-7-12)10-8-15-13(14-3)16-9-11-18-5-2;/h12H,4-11H2,1-3H3,(H2,14,15,16);1H. The summed E-state index contributed by atoms with van der Waals surface area (Å²) in [5, 5.41) is 6.57. The Morgan fingerprint density at radius 1 is 1.26 bits per heavy atom. The molecule has 114 valence electrons. The van der Waals surface area contributed by atoms with Crippen LogP contribution < -0.4 is 10.6 Å². The third-order valence-corrected chi connectivity index (χ3v) is 3.13. The molecule has 0 radical (unpaired) electrons. The molecule has 0 spiro atoms. The van der Waals surface area contributed by atoms with Crippen molar-refractivity contribution >= 4 is 29.9 Å². The number of halogens is 1. The van der Waals surface area contributed by atoms with Gasteiger partial charge in [0.05, 0.1) is 6.61 Å². The van der Waals surface area contributed by atoms with Crippen LogP contribution in [-0.4, -0.2) is 63.3 Å². The second-order valence-corrected chi connectivity index (χ2v) is 4.48. The molecular weight excluding hydrogens is 355 g/mol. The lowest BCUT2D eigenvalue weighted by atomic mass is 10.4. The van der Waals surface area contributed by atoms with Gasteiger partial charge in [-0.15, -0.1) is 24.0 Å². The molecule has 0 aromatic heterocycles. The molecule has 6 heteroatoms. The van der Waals surface area contributed by atoms with E-state index in [1.807, 2.05) is 6.92 Å². The quantitative estimate of drug-likeness (QED) is 0.272. The minimum Gasteiger partial charge on any atom is -0.380 e. The monoisotopic (exact) mass is 384 g/mol. The van der Waals surface area contributed by atoms with E-state index in [9.17, 15) is 0 Å². The summed E-state index contributed by atoms with van der Waals surface area (Å²) in [4.78, 5) is 6.72. The number of aliphatic imine (C=N–C) groups is 1. The fourth-order valence-corrected chi connectivity index (χ4v) is 1.96. The van der Waals surface area contributed by atoms with E-state index in [2.05, 4.69) is 27.4 Å². The van der Waals surface area contributed by atoms with Crippen LogP contribution in [0, 0.1) is 0 Å². The van der Waals surface area contributed by atoms with Crippen LogP contribution >= 0.6 is 24.0 Å². The SMILES string of the molecule is CCOCCNC(=NC)NCCN(CC)C1CC1.I. The van der Waals surface area contributed by atoms with E-state index in [1.165, 1.54) is 12.8 Å². The molecule has 19 heavy (non-hydrogen) atoms. The molecule has 1 rings (SSSR count). The minimum absolute atomic E-state index is 0. The van der Waals surface area contributed by atoms with Crippen LogP contribution in [-0.2, 0) is 4.74 Å². The molecule has 1 aliphatic carbocycles. The van der Waals surface area contributed by atoms with Crippen LogP contribution in [0.15, 0.2) is 4.99 Å². The second kappa shape index (κ2) is 11.7. The van der Waals surface area contributed by atoms with Gasteiger partial charge in [-0.05, 0) is 26.3 Å². The van der Waals surface area contributed by atoms with Gasteiger partial charge in [-0.25, -0.2) is 0 Å². The lowest BCUT2D eigenvalue weighted by Crippen LogP contribution is -2.43. The number of nitrogens with zero attached hydrogens (tertiary/aromatic N) is 2. The van der Waals surface area contributed by atoms with E-state index in [1.54, 1.807) is 7.05 Å². The van der Waals surface area contributed by atoms with Crippen molar-refractivity contribution in [3.63, 3.8) is 0 Å². The second-order valence-electron chi connectivity index (χ2n) is 4.48. The maximum atomic E-state index is 5.27. The van der Waals surface area contributed by atoms with Gasteiger partial charge in [0, 0.05) is 39.3 Å². The number of nitrogens with one attached hydrogen (secondary N) is 2. The van der Waals surface area contributed by atoms with Crippen molar-refractivity contribution in [1.82, 2.24) is 15.5 Å². The van der Waals surface area contributed by atoms with Crippen molar-refractivity contribution in [3.8, 4) is 0 Å². The average Bonchev–Trinajstić information content (AvgIpc) is 3.21. The Bertz CT molecular complexity index is 247. The summed E-state index contributed by atoms with van der Waals surface area (Å²) < 4.78 is 5.27. The highest BCUT2D eigenvalue weighted by Gasteiger charge is 2.27. The maximum Gasteiger partial charge on any atom is 0.191 e. The van der Waals surface area contributed by atoms with Crippen LogP contribution in [0.2, 0.25) is 0 Å². The fourth-order valence-electron chi connectivity index (χ4n) is 1.96. The predicted octanol–water partition coefficient (Wildman–Crippen LogP) is 1.29. The van der Waals surface area contributed by atoms with Crippen molar-refractivity contribution < 1.29 is 4.74 Å². The smallest absolute Gasteiger partial charge is 0.191 e. The lowest BCUT2D eigenvalue weighted by Gasteiger charge is -2.20. The van der Waals surface area contributed by atoms with Gasteiger partial charge in [-0.2, -0.15) is 0 Å². The van der Waals surface area contributed by atoms with E-state index in [-0.39, 0.29) is 24.0 Å². The zero-order valence-electron chi connectivity index (χ0n) is 12.4. The number of guanidine groups is 1. The zero-order valence-corrected chi connectivity index (χ0v) is 14.8. The summed E-state index contributed by atoms with van der Waals surface area (Å²) in [6, 6.07) is 0.838. The van der Waals surface area contributed by atoms with Gasteiger partial charge in [0.1, 0.15) is 0 Å². The van der Waals surface area contributed by atoms with Gasteiger partial charge in [0.25, 0.3) is 0 Å². The molecule has 1 fully saturated rings. The number of likely N-dealkylation sites (N-methyl/N-ethyl adjacent to an activating group) is 1. The lowest BCUT2D eigenvalue weighted by molar-refractivity contribution is 0.152. The maximum absolute atomic E-state index is 5.27. The molecule has 0 heterocycles. The highest BCUT2D eigenvalue weighted by molar-refractivity contribution is 14.0. The average molecular weight is 384 g/mol. The van der Waals surface area contributed by atoms with Gasteiger partial charge in [-0.1, -0.05) is 6.92 Å². The van der Waals surface area contributed by atoms with E-state index < -0.39 is 0 Å². The summed E-state index contributed by atoms with van der Waals surface area (Å²) in [6.07, 6.45) is 2.74. The Kier molecular flexibility index (Phi) is 11.7. The van der Waals surface area contributed by atoms with E-state index in [0.717, 1.165) is 51.4 Å². The van der Waals surface area contributed by atoms with Crippen molar-refractivity contribution in [2.45, 2.75) is 32.7 Å². The first-order valence-electron chi connectivity index (χ1n) is 7.08. The molecule has 1 saturated carbocycles. The molecule has 0 bridgehead atoms. The Morgan fingerprint density at radius 2 is 1.95 bits per heavy atom. The van der Waals surface area contributed by atoms with Crippen LogP contribution in [0.1, 0.15) is 26.7 Å². The molecule has 1 aliphatic rings. The Labute approximate surface area is 134 Å². The molecule has 0 aromatic carbocycles. The summed E-state index contributed by atoms with van der Waals surface area (Å²) in [5.41, 5.74) is 0. The normalized spacial score (nSPS) is 15.3. The molecule has 2 N–H and O–H groups in total. The number of hydrogen-bond acceptors (Lipinski definition) is 3. The van der Waals surface area contributed by atoms with Crippen LogP contribution in [0.3, 0.4) is 0 Å². The highest BCUT2D eigenvalue weighted by Crippen LogP contribution is 2.25. The molecule has 0 saturated heterocycles. The summed E-state index contributed by atoms with van der Waals surface area (Å²) in [5.74, 6) is 0.863. The number of hydrogen-bond donors (Lipinski definition) is 2. The summed E-state index contributed by atoms with van der Waals surface area (Å²) in [6.45, 7) is 9.70. The highest BCUT2D eigenvalue weighted by atomic mass is 127. The largest absolute Gasteiger partial charge is 0.380 e. The summed E-state index contributed by atoms with van der Waals surface area (Å²) in [7, 11) is 1.80. The number of rotatable bonds is 9. The first-order valence-corrected chi connectivity index (χ1v) is 7.08. The summed E-state index contributed by atoms with van der Waals surface area (Å²) >= 11 is 0. The van der Waals surface area contributed by atoms with Crippen molar-refractivity contribution in [2.24, 2.45) is 4.99 Å². The van der Waals surface area contributed by atoms with Crippen molar-refractivity contribution in [3.05, 3.63) is 0 Å². The molecular formula is C13H29IN4O. The Balaban J connectivity index is 0.00000324. The van der Waals surface area contributed by atoms with Gasteiger partial charge in [0.15, 0.2) is 5.96 Å². The molecule has 5 nitrogen and oxygen atoms in total. The fraction of sp³-hybridized carbons (Fsp3) is 0.923. The Morgan fingerprint density at radius 3 is 2.47 bits per heavy atom. The molecule has 0 atom stereocenters. The third-order valence-electron chi connectivity index (χ3n) is 3.13. The van der Waals surface area contributed by atoms with Crippen LogP contribution in [0.25, 0.3) is 0 Å². The van der Waals surface area contributed by atoms with Gasteiger partial charge < -0.3 is 15.4 Å². The van der Waals surface area contributed by atoms with Gasteiger partial charge in [-0.3, -0.25) is 9.89 Å². The van der Waals surface area contributed by atoms with Crippen LogP contribution in [0.5, 0.6) is 0 Å². The molecule has 0 unspecified atom stereocenters. The zero-order chi connectivity index (χ0) is 13.2. The molecule has 0 aliphatic heterocycles. The van der Waals surface area contributed by atoms with Crippen molar-refractivity contribution in [2.75, 3.05) is 46.4 Å². The van der Waals surface area contributed by atoms with Crippen molar-refractivity contribution in [1.29, 1.82) is 0 Å². The third kappa shape index (κ3) is 8.65. The first-order chi connectivity index (χ1) is 8.81. The van der Waals surface area contributed by atoms with Crippen LogP contribution in [0.4, 0.5) is 0 Å². The topological polar surface area (TPSA) is 48.9 Å². The first kappa shape index (κ1) is 18.9. The number of ether oxygens (including phenoxy) is 1. The minimum atomic E-state index is 0.